The Bertz CT molecular complexity index is 985. The largest absolute Gasteiger partial charge is 0.380 e. The molecule has 28 heavy (non-hydrogen) atoms. The standard InChI is InChI=1S/C22H27N5O/c1-27(2)14-15-3-6-17(7-4-15)25-20-11-12-23-19-9-8-18(26-22(19)20)16-5-10-21(28)24-13-16/h5,8-13,15,17H,3-4,6-7,14H2,1-2H3,(H,23,25)(H,24,28). The Morgan fingerprint density at radius 1 is 1.11 bits per heavy atom. The first kappa shape index (κ1) is 18.6. The SMILES string of the molecule is CN(C)CC1CCC(Nc2ccnc3ccc(-c4ccc(=O)[nH]c4)nc23)CC1. The quantitative estimate of drug-likeness (QED) is 0.712. The van der Waals surface area contributed by atoms with Gasteiger partial charge in [0, 0.05) is 36.6 Å². The zero-order chi connectivity index (χ0) is 19.5. The summed E-state index contributed by atoms with van der Waals surface area (Å²) in [5, 5.41) is 3.71. The molecule has 0 saturated heterocycles. The molecule has 1 saturated carbocycles. The predicted molar refractivity (Wildman–Crippen MR) is 114 cm³/mol. The molecule has 146 valence electrons. The van der Waals surface area contributed by atoms with Gasteiger partial charge in [0.15, 0.2) is 0 Å². The summed E-state index contributed by atoms with van der Waals surface area (Å²) >= 11 is 0. The van der Waals surface area contributed by atoms with Crippen LogP contribution in [0.2, 0.25) is 0 Å². The molecule has 3 heterocycles. The molecular weight excluding hydrogens is 350 g/mol. The minimum atomic E-state index is -0.113. The molecule has 0 atom stereocenters. The first-order chi connectivity index (χ1) is 13.6. The van der Waals surface area contributed by atoms with Gasteiger partial charge in [-0.05, 0) is 70.0 Å². The number of nitrogens with zero attached hydrogens (tertiary/aromatic N) is 3. The van der Waals surface area contributed by atoms with Gasteiger partial charge in [0.1, 0.15) is 5.52 Å². The van der Waals surface area contributed by atoms with Crippen molar-refractivity contribution < 1.29 is 0 Å². The molecule has 6 heteroatoms. The topological polar surface area (TPSA) is 73.9 Å². The van der Waals surface area contributed by atoms with E-state index < -0.39 is 0 Å². The van der Waals surface area contributed by atoms with E-state index in [1.54, 1.807) is 12.3 Å². The van der Waals surface area contributed by atoms with Gasteiger partial charge in [-0.1, -0.05) is 0 Å². The molecule has 1 aliphatic rings. The predicted octanol–water partition coefficient (Wildman–Crippen LogP) is 3.52. The second-order valence-electron chi connectivity index (χ2n) is 7.99. The van der Waals surface area contributed by atoms with Crippen molar-refractivity contribution in [2.24, 2.45) is 5.92 Å². The lowest BCUT2D eigenvalue weighted by molar-refractivity contribution is 0.255. The van der Waals surface area contributed by atoms with Crippen molar-refractivity contribution in [3.8, 4) is 11.3 Å². The molecule has 4 rings (SSSR count). The van der Waals surface area contributed by atoms with Crippen molar-refractivity contribution in [1.29, 1.82) is 0 Å². The minimum absolute atomic E-state index is 0.113. The molecule has 0 unspecified atom stereocenters. The van der Waals surface area contributed by atoms with Gasteiger partial charge in [-0.3, -0.25) is 9.78 Å². The molecule has 0 bridgehead atoms. The number of hydrogen-bond donors (Lipinski definition) is 2. The molecule has 3 aromatic rings. The molecule has 1 fully saturated rings. The van der Waals surface area contributed by atoms with E-state index in [1.807, 2.05) is 24.4 Å². The maximum Gasteiger partial charge on any atom is 0.247 e. The highest BCUT2D eigenvalue weighted by molar-refractivity contribution is 5.89. The maximum atomic E-state index is 11.3. The van der Waals surface area contributed by atoms with E-state index in [-0.39, 0.29) is 5.56 Å². The van der Waals surface area contributed by atoms with Crippen LogP contribution < -0.4 is 10.9 Å². The number of fused-ring (bicyclic) bond motifs is 1. The van der Waals surface area contributed by atoms with Crippen LogP contribution in [-0.4, -0.2) is 46.5 Å². The van der Waals surface area contributed by atoms with Crippen molar-refractivity contribution in [3.63, 3.8) is 0 Å². The molecule has 3 aromatic heterocycles. The molecule has 0 radical (unpaired) electrons. The van der Waals surface area contributed by atoms with Gasteiger partial charge >= 0.3 is 0 Å². The molecule has 0 amide bonds. The number of anilines is 1. The zero-order valence-corrected chi connectivity index (χ0v) is 16.5. The van der Waals surface area contributed by atoms with Crippen LogP contribution in [0.25, 0.3) is 22.3 Å². The van der Waals surface area contributed by atoms with E-state index in [0.29, 0.717) is 6.04 Å². The van der Waals surface area contributed by atoms with E-state index in [0.717, 1.165) is 33.9 Å². The Hall–Kier alpha value is -2.73. The normalized spacial score (nSPS) is 19.8. The summed E-state index contributed by atoms with van der Waals surface area (Å²) in [6, 6.07) is 9.74. The van der Waals surface area contributed by atoms with Gasteiger partial charge in [0.25, 0.3) is 0 Å². The first-order valence-electron chi connectivity index (χ1n) is 9.94. The lowest BCUT2D eigenvalue weighted by Crippen LogP contribution is -2.31. The van der Waals surface area contributed by atoms with Gasteiger partial charge in [0.2, 0.25) is 5.56 Å². The Morgan fingerprint density at radius 3 is 2.64 bits per heavy atom. The number of aromatic amines is 1. The van der Waals surface area contributed by atoms with E-state index in [1.165, 1.54) is 38.3 Å². The third-order valence-corrected chi connectivity index (χ3v) is 5.49. The average Bonchev–Trinajstić information content (AvgIpc) is 2.70. The van der Waals surface area contributed by atoms with E-state index in [2.05, 4.69) is 34.3 Å². The zero-order valence-electron chi connectivity index (χ0n) is 16.5. The fourth-order valence-electron chi connectivity index (χ4n) is 4.10. The Kier molecular flexibility index (Phi) is 5.39. The second kappa shape index (κ2) is 8.10. The smallest absolute Gasteiger partial charge is 0.247 e. The first-order valence-corrected chi connectivity index (χ1v) is 9.94. The highest BCUT2D eigenvalue weighted by Crippen LogP contribution is 2.29. The Balaban J connectivity index is 1.55. The molecular formula is C22H27N5O. The van der Waals surface area contributed by atoms with Crippen LogP contribution >= 0.6 is 0 Å². The molecule has 6 nitrogen and oxygen atoms in total. The van der Waals surface area contributed by atoms with Crippen LogP contribution in [0.3, 0.4) is 0 Å². The molecule has 0 spiro atoms. The van der Waals surface area contributed by atoms with Crippen molar-refractivity contribution >= 4 is 16.7 Å². The summed E-state index contributed by atoms with van der Waals surface area (Å²) in [6.07, 6.45) is 8.42. The summed E-state index contributed by atoms with van der Waals surface area (Å²) < 4.78 is 0. The highest BCUT2D eigenvalue weighted by atomic mass is 16.1. The van der Waals surface area contributed by atoms with Crippen LogP contribution in [0, 0.1) is 5.92 Å². The third kappa shape index (κ3) is 4.22. The van der Waals surface area contributed by atoms with E-state index >= 15 is 0 Å². The summed E-state index contributed by atoms with van der Waals surface area (Å²) in [5.74, 6) is 0.798. The van der Waals surface area contributed by atoms with Crippen LogP contribution in [-0.2, 0) is 0 Å². The highest BCUT2D eigenvalue weighted by Gasteiger charge is 2.22. The number of pyridine rings is 3. The van der Waals surface area contributed by atoms with Crippen molar-refractivity contribution in [1.82, 2.24) is 19.9 Å². The van der Waals surface area contributed by atoms with Gasteiger partial charge < -0.3 is 15.2 Å². The summed E-state index contributed by atoms with van der Waals surface area (Å²) in [6.45, 7) is 1.18. The fourth-order valence-corrected chi connectivity index (χ4v) is 4.10. The van der Waals surface area contributed by atoms with Crippen molar-refractivity contribution in [2.45, 2.75) is 31.7 Å². The summed E-state index contributed by atoms with van der Waals surface area (Å²) in [7, 11) is 4.30. The Morgan fingerprint density at radius 2 is 1.93 bits per heavy atom. The van der Waals surface area contributed by atoms with Crippen molar-refractivity contribution in [3.05, 3.63) is 53.1 Å². The number of nitrogens with one attached hydrogen (secondary N) is 2. The van der Waals surface area contributed by atoms with Gasteiger partial charge in [-0.25, -0.2) is 4.98 Å². The monoisotopic (exact) mass is 377 g/mol. The van der Waals surface area contributed by atoms with E-state index in [9.17, 15) is 4.79 Å². The lowest BCUT2D eigenvalue weighted by atomic mass is 9.85. The minimum Gasteiger partial charge on any atom is -0.380 e. The molecule has 0 aromatic carbocycles. The Labute approximate surface area is 165 Å². The fraction of sp³-hybridized carbons (Fsp3) is 0.409. The molecule has 0 aliphatic heterocycles. The van der Waals surface area contributed by atoms with Gasteiger partial charge in [-0.15, -0.1) is 0 Å². The number of H-pyrrole nitrogens is 1. The van der Waals surface area contributed by atoms with Crippen molar-refractivity contribution in [2.75, 3.05) is 26.0 Å². The van der Waals surface area contributed by atoms with Crippen LogP contribution in [0.4, 0.5) is 5.69 Å². The molecule has 1 aliphatic carbocycles. The number of aromatic nitrogens is 3. The van der Waals surface area contributed by atoms with E-state index in [4.69, 9.17) is 4.98 Å². The van der Waals surface area contributed by atoms with Crippen LogP contribution in [0.15, 0.2) is 47.5 Å². The average molecular weight is 377 g/mol. The molecule has 2 N–H and O–H groups in total. The van der Waals surface area contributed by atoms with Crippen LogP contribution in [0.1, 0.15) is 25.7 Å². The second-order valence-corrected chi connectivity index (χ2v) is 7.99. The summed E-state index contributed by atoms with van der Waals surface area (Å²) in [4.78, 5) is 25.6. The van der Waals surface area contributed by atoms with Gasteiger partial charge in [-0.2, -0.15) is 0 Å². The number of hydrogen-bond acceptors (Lipinski definition) is 5. The van der Waals surface area contributed by atoms with Gasteiger partial charge in [0.05, 0.1) is 16.9 Å². The number of rotatable bonds is 5. The summed E-state index contributed by atoms with van der Waals surface area (Å²) in [5.41, 5.74) is 4.39. The third-order valence-electron chi connectivity index (χ3n) is 5.49. The van der Waals surface area contributed by atoms with Crippen LogP contribution in [0.5, 0.6) is 0 Å². The maximum absolute atomic E-state index is 11.3. The lowest BCUT2D eigenvalue weighted by Gasteiger charge is -2.31.